The average molecular weight is 288 g/mol. The lowest BCUT2D eigenvalue weighted by molar-refractivity contribution is 0.513. The fourth-order valence-electron chi connectivity index (χ4n) is 2.34. The van der Waals surface area contributed by atoms with Gasteiger partial charge in [0.15, 0.2) is 0 Å². The predicted octanol–water partition coefficient (Wildman–Crippen LogP) is 4.02. The van der Waals surface area contributed by atoms with E-state index >= 15 is 0 Å². The first-order chi connectivity index (χ1) is 9.65. The van der Waals surface area contributed by atoms with Crippen LogP contribution in [0.4, 0.5) is 0 Å². The first-order valence-corrected chi connectivity index (χ1v) is 8.18. The lowest BCUT2D eigenvalue weighted by atomic mass is 9.94. The summed E-state index contributed by atoms with van der Waals surface area (Å²) in [4.78, 5) is 4.44. The maximum absolute atomic E-state index is 4.44. The maximum atomic E-state index is 4.44. The molecule has 0 bridgehead atoms. The van der Waals surface area contributed by atoms with Crippen LogP contribution in [0.25, 0.3) is 0 Å². The lowest BCUT2D eigenvalue weighted by Crippen LogP contribution is -2.26. The second-order valence-electron chi connectivity index (χ2n) is 5.79. The minimum absolute atomic E-state index is 0.500. The van der Waals surface area contributed by atoms with Gasteiger partial charge in [0.2, 0.25) is 0 Å². The first kappa shape index (κ1) is 15.2. The highest BCUT2D eigenvalue weighted by Crippen LogP contribution is 2.22. The van der Waals surface area contributed by atoms with Crippen molar-refractivity contribution >= 4 is 11.3 Å². The highest BCUT2D eigenvalue weighted by Gasteiger charge is 2.14. The molecule has 0 amide bonds. The molecule has 1 unspecified atom stereocenters. The molecule has 0 aliphatic rings. The number of nitrogens with zero attached hydrogens (tertiary/aromatic N) is 1. The molecular weight excluding hydrogens is 264 g/mol. The van der Waals surface area contributed by atoms with Gasteiger partial charge in [-0.25, -0.2) is 4.98 Å². The van der Waals surface area contributed by atoms with Crippen molar-refractivity contribution in [2.45, 2.75) is 33.1 Å². The van der Waals surface area contributed by atoms with Crippen molar-refractivity contribution in [3.05, 3.63) is 52.0 Å². The molecule has 1 heterocycles. The van der Waals surface area contributed by atoms with Crippen LogP contribution in [-0.4, -0.2) is 18.1 Å². The van der Waals surface area contributed by atoms with E-state index in [1.54, 1.807) is 11.3 Å². The molecule has 0 saturated heterocycles. The molecule has 1 aromatic carbocycles. The third kappa shape index (κ3) is 4.73. The molecule has 0 aliphatic heterocycles. The van der Waals surface area contributed by atoms with Gasteiger partial charge in [-0.3, -0.25) is 0 Å². The van der Waals surface area contributed by atoms with Crippen molar-refractivity contribution < 1.29 is 0 Å². The summed E-state index contributed by atoms with van der Waals surface area (Å²) < 4.78 is 0. The van der Waals surface area contributed by atoms with Gasteiger partial charge in [-0.1, -0.05) is 43.7 Å². The molecule has 0 radical (unpaired) electrons. The van der Waals surface area contributed by atoms with Gasteiger partial charge >= 0.3 is 0 Å². The summed E-state index contributed by atoms with van der Waals surface area (Å²) in [6.07, 6.45) is 2.92. The van der Waals surface area contributed by atoms with Crippen molar-refractivity contribution in [3.63, 3.8) is 0 Å². The normalized spacial score (nSPS) is 12.8. The van der Waals surface area contributed by atoms with Gasteiger partial charge in [0.1, 0.15) is 0 Å². The number of thiazole rings is 1. The van der Waals surface area contributed by atoms with Gasteiger partial charge in [-0.05, 0) is 24.9 Å². The Morgan fingerprint density at radius 1 is 1.25 bits per heavy atom. The topological polar surface area (TPSA) is 24.9 Å². The number of nitrogens with one attached hydrogen (secondary N) is 1. The molecule has 1 N–H and O–H groups in total. The fraction of sp³-hybridized carbons (Fsp3) is 0.471. The molecule has 108 valence electrons. The minimum atomic E-state index is 0.500. The number of hydrogen-bond acceptors (Lipinski definition) is 3. The number of aryl methyl sites for hydroxylation is 1. The zero-order valence-electron chi connectivity index (χ0n) is 12.6. The molecule has 1 atom stereocenters. The van der Waals surface area contributed by atoms with E-state index in [1.165, 1.54) is 16.1 Å². The molecule has 0 spiro atoms. The Hall–Kier alpha value is -1.19. The van der Waals surface area contributed by atoms with Crippen LogP contribution in [0.5, 0.6) is 0 Å². The standard InChI is InChI=1S/C17H24N2S/c1-13(2)11-18-12-16(10-17-19-7-8-20-17)15-6-4-5-14(3)9-15/h4-9,13,16,18H,10-12H2,1-3H3. The van der Waals surface area contributed by atoms with Gasteiger partial charge in [-0.2, -0.15) is 0 Å². The van der Waals surface area contributed by atoms with Gasteiger partial charge in [0.05, 0.1) is 5.01 Å². The summed E-state index contributed by atoms with van der Waals surface area (Å²) in [6.45, 7) is 8.73. The second-order valence-corrected chi connectivity index (χ2v) is 6.77. The molecule has 3 heteroatoms. The van der Waals surface area contributed by atoms with E-state index in [4.69, 9.17) is 0 Å². The van der Waals surface area contributed by atoms with Gasteiger partial charge in [0, 0.05) is 30.5 Å². The van der Waals surface area contributed by atoms with E-state index in [-0.39, 0.29) is 0 Å². The minimum Gasteiger partial charge on any atom is -0.316 e. The summed E-state index contributed by atoms with van der Waals surface area (Å²) >= 11 is 1.75. The molecular formula is C17H24N2S. The smallest absolute Gasteiger partial charge is 0.0931 e. The third-order valence-electron chi connectivity index (χ3n) is 3.36. The van der Waals surface area contributed by atoms with Gasteiger partial charge in [0.25, 0.3) is 0 Å². The lowest BCUT2D eigenvalue weighted by Gasteiger charge is -2.18. The molecule has 20 heavy (non-hydrogen) atoms. The zero-order valence-corrected chi connectivity index (χ0v) is 13.4. The largest absolute Gasteiger partial charge is 0.316 e. The average Bonchev–Trinajstić information content (AvgIpc) is 2.90. The van der Waals surface area contributed by atoms with Crippen LogP contribution in [0.2, 0.25) is 0 Å². The summed E-state index contributed by atoms with van der Waals surface area (Å²) in [5.74, 6) is 1.19. The molecule has 0 saturated carbocycles. The van der Waals surface area contributed by atoms with E-state index in [0.29, 0.717) is 11.8 Å². The van der Waals surface area contributed by atoms with Crippen molar-refractivity contribution in [3.8, 4) is 0 Å². The van der Waals surface area contributed by atoms with Crippen molar-refractivity contribution in [1.29, 1.82) is 0 Å². The third-order valence-corrected chi connectivity index (χ3v) is 4.16. The highest BCUT2D eigenvalue weighted by atomic mass is 32.1. The number of hydrogen-bond donors (Lipinski definition) is 1. The van der Waals surface area contributed by atoms with Crippen LogP contribution >= 0.6 is 11.3 Å². The second kappa shape index (κ2) is 7.55. The Balaban J connectivity index is 2.06. The Kier molecular flexibility index (Phi) is 5.74. The first-order valence-electron chi connectivity index (χ1n) is 7.31. The van der Waals surface area contributed by atoms with Crippen molar-refractivity contribution in [2.75, 3.05) is 13.1 Å². The SMILES string of the molecule is Cc1cccc(C(CNCC(C)C)Cc2nccs2)c1. The van der Waals surface area contributed by atoms with E-state index in [9.17, 15) is 0 Å². The molecule has 2 aromatic rings. The van der Waals surface area contributed by atoms with Crippen molar-refractivity contribution in [2.24, 2.45) is 5.92 Å². The van der Waals surface area contributed by atoms with E-state index < -0.39 is 0 Å². The van der Waals surface area contributed by atoms with Gasteiger partial charge < -0.3 is 5.32 Å². The molecule has 0 fully saturated rings. The fourth-order valence-corrected chi connectivity index (χ4v) is 3.04. The predicted molar refractivity (Wildman–Crippen MR) is 87.4 cm³/mol. The van der Waals surface area contributed by atoms with Crippen LogP contribution in [-0.2, 0) is 6.42 Å². The van der Waals surface area contributed by atoms with Crippen LogP contribution < -0.4 is 5.32 Å². The van der Waals surface area contributed by atoms with Gasteiger partial charge in [-0.15, -0.1) is 11.3 Å². The molecule has 1 aromatic heterocycles. The zero-order chi connectivity index (χ0) is 14.4. The van der Waals surface area contributed by atoms with E-state index in [0.717, 1.165) is 19.5 Å². The number of aromatic nitrogens is 1. The Morgan fingerprint density at radius 2 is 2.10 bits per heavy atom. The maximum Gasteiger partial charge on any atom is 0.0931 e. The quantitative estimate of drug-likeness (QED) is 0.832. The Morgan fingerprint density at radius 3 is 2.75 bits per heavy atom. The Labute approximate surface area is 126 Å². The number of benzene rings is 1. The van der Waals surface area contributed by atoms with E-state index in [1.807, 2.05) is 6.20 Å². The molecule has 0 aliphatic carbocycles. The monoisotopic (exact) mass is 288 g/mol. The van der Waals surface area contributed by atoms with Crippen LogP contribution in [0.15, 0.2) is 35.8 Å². The van der Waals surface area contributed by atoms with Crippen LogP contribution in [0.3, 0.4) is 0 Å². The van der Waals surface area contributed by atoms with Crippen molar-refractivity contribution in [1.82, 2.24) is 10.3 Å². The van der Waals surface area contributed by atoms with Crippen LogP contribution in [0, 0.1) is 12.8 Å². The summed E-state index contributed by atoms with van der Waals surface area (Å²) in [5.41, 5.74) is 2.74. The summed E-state index contributed by atoms with van der Waals surface area (Å²) in [7, 11) is 0. The summed E-state index contributed by atoms with van der Waals surface area (Å²) in [5, 5.41) is 6.88. The van der Waals surface area contributed by atoms with E-state index in [2.05, 4.69) is 60.7 Å². The summed E-state index contributed by atoms with van der Waals surface area (Å²) in [6, 6.07) is 8.85. The molecule has 2 rings (SSSR count). The number of rotatable bonds is 7. The van der Waals surface area contributed by atoms with Crippen LogP contribution in [0.1, 0.15) is 35.9 Å². The highest BCUT2D eigenvalue weighted by molar-refractivity contribution is 7.09. The molecule has 2 nitrogen and oxygen atoms in total. The Bertz CT molecular complexity index is 505.